The van der Waals surface area contributed by atoms with Crippen LogP contribution in [0.5, 0.6) is 0 Å². The summed E-state index contributed by atoms with van der Waals surface area (Å²) < 4.78 is 27.2. The molecule has 2 aromatic rings. The fourth-order valence-corrected chi connectivity index (χ4v) is 3.72. The number of nitrogens with zero attached hydrogens (tertiary/aromatic N) is 2. The molecule has 1 fully saturated rings. The van der Waals surface area contributed by atoms with Crippen molar-refractivity contribution in [1.82, 2.24) is 25.5 Å². The van der Waals surface area contributed by atoms with Crippen LogP contribution < -0.4 is 10.6 Å². The molecule has 3 rings (SSSR count). The molecule has 2 amide bonds. The first-order chi connectivity index (χ1) is 14.4. The van der Waals surface area contributed by atoms with Crippen LogP contribution in [0.3, 0.4) is 0 Å². The van der Waals surface area contributed by atoms with Gasteiger partial charge >= 0.3 is 0 Å². The third-order valence-corrected chi connectivity index (χ3v) is 5.25. The van der Waals surface area contributed by atoms with Gasteiger partial charge in [-0.1, -0.05) is 0 Å². The Hall–Kier alpha value is -2.81. The van der Waals surface area contributed by atoms with Gasteiger partial charge in [0.25, 0.3) is 5.91 Å². The third kappa shape index (κ3) is 6.09. The zero-order valence-electron chi connectivity index (χ0n) is 17.0. The number of hydrogen-bond donors (Lipinski definition) is 3. The first-order valence-corrected chi connectivity index (χ1v) is 10.1. The number of carbonyl (C=O) groups excluding carboxylic acids is 2. The Balaban J connectivity index is 1.48. The van der Waals surface area contributed by atoms with E-state index in [9.17, 15) is 18.4 Å². The predicted octanol–water partition coefficient (Wildman–Crippen LogP) is 1.88. The molecule has 3 N–H and O–H groups in total. The number of H-pyrrole nitrogens is 1. The molecule has 9 heteroatoms. The molecule has 1 aromatic heterocycles. The van der Waals surface area contributed by atoms with Crippen LogP contribution in [0.2, 0.25) is 0 Å². The van der Waals surface area contributed by atoms with E-state index in [1.807, 2.05) is 11.9 Å². The quantitative estimate of drug-likeness (QED) is 0.598. The molecule has 30 heavy (non-hydrogen) atoms. The van der Waals surface area contributed by atoms with Crippen molar-refractivity contribution >= 4 is 11.8 Å². The van der Waals surface area contributed by atoms with Gasteiger partial charge in [0.05, 0.1) is 11.5 Å². The van der Waals surface area contributed by atoms with Crippen LogP contribution in [0.15, 0.2) is 30.6 Å². The molecule has 162 valence electrons. The van der Waals surface area contributed by atoms with Crippen molar-refractivity contribution in [1.29, 1.82) is 0 Å². The van der Waals surface area contributed by atoms with Crippen LogP contribution in [-0.4, -0.2) is 59.4 Å². The Morgan fingerprint density at radius 3 is 2.87 bits per heavy atom. The highest BCUT2D eigenvalue weighted by atomic mass is 19.1. The van der Waals surface area contributed by atoms with Crippen molar-refractivity contribution in [3.05, 3.63) is 53.6 Å². The largest absolute Gasteiger partial charge is 0.356 e. The molecule has 7 nitrogen and oxygen atoms in total. The number of aromatic amines is 1. The number of benzene rings is 1. The number of imidazole rings is 1. The van der Waals surface area contributed by atoms with E-state index in [-0.39, 0.29) is 23.4 Å². The third-order valence-electron chi connectivity index (χ3n) is 5.25. The molecular weight excluding hydrogens is 392 g/mol. The summed E-state index contributed by atoms with van der Waals surface area (Å²) in [5.74, 6) is -1.38. The lowest BCUT2D eigenvalue weighted by Gasteiger charge is -2.22. The van der Waals surface area contributed by atoms with Crippen molar-refractivity contribution < 1.29 is 18.4 Å². The summed E-state index contributed by atoms with van der Waals surface area (Å²) in [5.41, 5.74) is -0.312. The monoisotopic (exact) mass is 419 g/mol. The van der Waals surface area contributed by atoms with Crippen LogP contribution in [-0.2, 0) is 11.2 Å². The minimum atomic E-state index is -0.761. The molecule has 1 saturated heterocycles. The van der Waals surface area contributed by atoms with E-state index < -0.39 is 17.5 Å². The van der Waals surface area contributed by atoms with E-state index in [4.69, 9.17) is 0 Å². The van der Waals surface area contributed by atoms with Gasteiger partial charge in [0, 0.05) is 44.5 Å². The summed E-state index contributed by atoms with van der Waals surface area (Å²) >= 11 is 0. The van der Waals surface area contributed by atoms with Gasteiger partial charge in [-0.05, 0) is 44.5 Å². The summed E-state index contributed by atoms with van der Waals surface area (Å²) in [6.45, 7) is 1.68. The minimum absolute atomic E-state index is 0.00977. The number of rotatable bonds is 7. The molecule has 0 bridgehead atoms. The number of hydrogen-bond acceptors (Lipinski definition) is 4. The number of likely N-dealkylation sites (N-methyl/N-ethyl adjacent to an activating group) is 1. The van der Waals surface area contributed by atoms with Crippen LogP contribution in [0.25, 0.3) is 0 Å². The predicted molar refractivity (Wildman–Crippen MR) is 108 cm³/mol. The SMILES string of the molecule is CN1C[C@@H](NC(=O)c2cc(F)ccc2F)CC[C@@H](C(=O)NCCCc2ncc[nH]2)C1. The number of nitrogens with one attached hydrogen (secondary N) is 3. The van der Waals surface area contributed by atoms with E-state index >= 15 is 0 Å². The number of aryl methyl sites for hydroxylation is 1. The van der Waals surface area contributed by atoms with Crippen LogP contribution in [0, 0.1) is 17.6 Å². The highest BCUT2D eigenvalue weighted by Crippen LogP contribution is 2.17. The molecule has 1 aliphatic heterocycles. The summed E-state index contributed by atoms with van der Waals surface area (Å²) in [6.07, 6.45) is 6.21. The molecule has 2 atom stereocenters. The molecule has 0 unspecified atom stereocenters. The van der Waals surface area contributed by atoms with E-state index in [0.717, 1.165) is 36.9 Å². The topological polar surface area (TPSA) is 90.1 Å². The van der Waals surface area contributed by atoms with Gasteiger partial charge < -0.3 is 20.5 Å². The zero-order chi connectivity index (χ0) is 21.5. The van der Waals surface area contributed by atoms with Crippen molar-refractivity contribution in [2.75, 3.05) is 26.7 Å². The maximum Gasteiger partial charge on any atom is 0.254 e. The van der Waals surface area contributed by atoms with Crippen LogP contribution >= 0.6 is 0 Å². The van der Waals surface area contributed by atoms with Gasteiger partial charge in [-0.3, -0.25) is 9.59 Å². The smallest absolute Gasteiger partial charge is 0.254 e. The molecular formula is C21H27F2N5O2. The molecule has 1 aromatic carbocycles. The molecule has 0 radical (unpaired) electrons. The highest BCUT2D eigenvalue weighted by Gasteiger charge is 2.28. The number of likely N-dealkylation sites (tertiary alicyclic amines) is 1. The van der Waals surface area contributed by atoms with Crippen molar-refractivity contribution in [2.24, 2.45) is 5.92 Å². The Morgan fingerprint density at radius 2 is 2.10 bits per heavy atom. The summed E-state index contributed by atoms with van der Waals surface area (Å²) in [5, 5.41) is 5.74. The lowest BCUT2D eigenvalue weighted by atomic mass is 10.0. The van der Waals surface area contributed by atoms with Crippen LogP contribution in [0.4, 0.5) is 8.78 Å². The Kier molecular flexibility index (Phi) is 7.51. The average molecular weight is 419 g/mol. The van der Waals surface area contributed by atoms with Crippen molar-refractivity contribution in [2.45, 2.75) is 31.7 Å². The van der Waals surface area contributed by atoms with Gasteiger partial charge in [-0.2, -0.15) is 0 Å². The second-order valence-corrected chi connectivity index (χ2v) is 7.72. The lowest BCUT2D eigenvalue weighted by molar-refractivity contribution is -0.125. The van der Waals surface area contributed by atoms with Gasteiger partial charge in [-0.25, -0.2) is 13.8 Å². The highest BCUT2D eigenvalue weighted by molar-refractivity contribution is 5.94. The maximum absolute atomic E-state index is 13.8. The minimum Gasteiger partial charge on any atom is -0.356 e. The number of aromatic nitrogens is 2. The van der Waals surface area contributed by atoms with Crippen LogP contribution in [0.1, 0.15) is 35.4 Å². The molecule has 0 spiro atoms. The van der Waals surface area contributed by atoms with Gasteiger partial charge in [0.2, 0.25) is 5.91 Å². The molecule has 0 saturated carbocycles. The van der Waals surface area contributed by atoms with E-state index in [1.165, 1.54) is 0 Å². The first-order valence-electron chi connectivity index (χ1n) is 10.1. The van der Waals surface area contributed by atoms with E-state index in [1.54, 1.807) is 12.4 Å². The molecule has 1 aliphatic rings. The Labute approximate surface area is 174 Å². The van der Waals surface area contributed by atoms with E-state index in [0.29, 0.717) is 32.5 Å². The Morgan fingerprint density at radius 1 is 1.27 bits per heavy atom. The zero-order valence-corrected chi connectivity index (χ0v) is 17.0. The lowest BCUT2D eigenvalue weighted by Crippen LogP contribution is -2.42. The second kappa shape index (κ2) is 10.3. The number of carbonyl (C=O) groups is 2. The van der Waals surface area contributed by atoms with Gasteiger partial charge in [0.15, 0.2) is 0 Å². The second-order valence-electron chi connectivity index (χ2n) is 7.72. The van der Waals surface area contributed by atoms with Gasteiger partial charge in [-0.15, -0.1) is 0 Å². The van der Waals surface area contributed by atoms with E-state index in [2.05, 4.69) is 20.6 Å². The van der Waals surface area contributed by atoms with Crippen molar-refractivity contribution in [3.63, 3.8) is 0 Å². The van der Waals surface area contributed by atoms with Gasteiger partial charge in [0.1, 0.15) is 17.5 Å². The summed E-state index contributed by atoms with van der Waals surface area (Å²) in [4.78, 5) is 34.1. The summed E-state index contributed by atoms with van der Waals surface area (Å²) in [6, 6.07) is 2.56. The average Bonchev–Trinajstić information content (AvgIpc) is 3.16. The fourth-order valence-electron chi connectivity index (χ4n) is 3.72. The number of amides is 2. The van der Waals surface area contributed by atoms with Crippen molar-refractivity contribution in [3.8, 4) is 0 Å². The molecule has 2 heterocycles. The fraction of sp³-hybridized carbons (Fsp3) is 0.476. The standard InChI is InChI=1S/C21H27F2N5O2/c1-28-12-14(20(29)26-8-2-3-19-24-9-10-25-19)4-6-16(13-28)27-21(30)17-11-15(22)5-7-18(17)23/h5,7,9-11,14,16H,2-4,6,8,12-13H2,1H3,(H,24,25)(H,26,29)(H,27,30)/t14-,16+/m1/s1. The Bertz CT molecular complexity index is 859. The normalized spacial score (nSPS) is 19.8. The molecule has 0 aliphatic carbocycles. The number of halogens is 2. The maximum atomic E-state index is 13.8. The summed E-state index contributed by atoms with van der Waals surface area (Å²) in [7, 11) is 1.88. The first kappa shape index (κ1) is 21.9.